The lowest BCUT2D eigenvalue weighted by molar-refractivity contribution is -0.111. The fraction of sp³-hybridized carbons (Fsp3) is 0.130. The number of rotatable bonds is 7. The molecule has 166 valence electrons. The standard InChI is InChI=1S/C23H17Cl3FNO3S/c1-2-10-31-23(30)21-16(14-7-6-13(24)11-18(14)26)12-32-22(21)28-20(29)9-8-15-17(25)4-3-5-19(15)27/h3-9,11-12H,2,10H2,1H3,(H,28,29)/b9-8-. The van der Waals surface area contributed by atoms with E-state index in [0.717, 1.165) is 17.4 Å². The third-order valence-electron chi connectivity index (χ3n) is 4.29. The molecule has 3 rings (SSSR count). The lowest BCUT2D eigenvalue weighted by Crippen LogP contribution is -2.13. The van der Waals surface area contributed by atoms with Gasteiger partial charge in [0.15, 0.2) is 0 Å². The van der Waals surface area contributed by atoms with Crippen molar-refractivity contribution in [3.63, 3.8) is 0 Å². The topological polar surface area (TPSA) is 55.4 Å². The van der Waals surface area contributed by atoms with Crippen molar-refractivity contribution in [2.45, 2.75) is 13.3 Å². The lowest BCUT2D eigenvalue weighted by Gasteiger charge is -2.10. The first kappa shape index (κ1) is 24.3. The minimum absolute atomic E-state index is 0.0895. The highest BCUT2D eigenvalue weighted by Gasteiger charge is 2.24. The highest BCUT2D eigenvalue weighted by atomic mass is 35.5. The van der Waals surface area contributed by atoms with E-state index < -0.39 is 17.7 Å². The fourth-order valence-corrected chi connectivity index (χ4v) is 4.50. The number of halogens is 4. The largest absolute Gasteiger partial charge is 0.462 e. The van der Waals surface area contributed by atoms with E-state index in [4.69, 9.17) is 39.5 Å². The first-order valence-corrected chi connectivity index (χ1v) is 11.5. The van der Waals surface area contributed by atoms with E-state index in [2.05, 4.69) is 5.32 Å². The minimum Gasteiger partial charge on any atom is -0.462 e. The Morgan fingerprint density at radius 3 is 2.59 bits per heavy atom. The molecule has 0 fully saturated rings. The van der Waals surface area contributed by atoms with Crippen molar-refractivity contribution < 1.29 is 18.7 Å². The molecule has 0 atom stereocenters. The molecule has 0 saturated heterocycles. The van der Waals surface area contributed by atoms with Gasteiger partial charge in [0.2, 0.25) is 5.91 Å². The molecule has 0 aliphatic rings. The van der Waals surface area contributed by atoms with Crippen molar-refractivity contribution >= 4 is 69.1 Å². The maximum atomic E-state index is 13.9. The van der Waals surface area contributed by atoms with Crippen LogP contribution in [0.25, 0.3) is 17.2 Å². The molecule has 1 amide bonds. The summed E-state index contributed by atoms with van der Waals surface area (Å²) in [7, 11) is 0. The van der Waals surface area contributed by atoms with Crippen LogP contribution in [0, 0.1) is 5.82 Å². The summed E-state index contributed by atoms with van der Waals surface area (Å²) in [5.41, 5.74) is 1.35. The maximum absolute atomic E-state index is 13.9. The van der Waals surface area contributed by atoms with Gasteiger partial charge in [-0.3, -0.25) is 4.79 Å². The van der Waals surface area contributed by atoms with E-state index in [-0.39, 0.29) is 27.8 Å². The number of carbonyl (C=O) groups is 2. The molecule has 0 aliphatic heterocycles. The molecule has 3 aromatic rings. The van der Waals surface area contributed by atoms with Gasteiger partial charge >= 0.3 is 5.97 Å². The Morgan fingerprint density at radius 2 is 1.91 bits per heavy atom. The molecule has 1 N–H and O–H groups in total. The van der Waals surface area contributed by atoms with Crippen LogP contribution in [0.1, 0.15) is 29.3 Å². The normalized spacial score (nSPS) is 11.0. The molecule has 1 heterocycles. The molecule has 32 heavy (non-hydrogen) atoms. The van der Waals surface area contributed by atoms with Crippen molar-refractivity contribution in [3.05, 3.63) is 79.9 Å². The summed E-state index contributed by atoms with van der Waals surface area (Å²) in [6.45, 7) is 2.10. The van der Waals surface area contributed by atoms with Gasteiger partial charge in [0.25, 0.3) is 0 Å². The zero-order valence-electron chi connectivity index (χ0n) is 16.8. The molecule has 0 bridgehead atoms. The number of hydrogen-bond acceptors (Lipinski definition) is 4. The van der Waals surface area contributed by atoms with E-state index in [1.165, 1.54) is 24.3 Å². The molecule has 9 heteroatoms. The summed E-state index contributed by atoms with van der Waals surface area (Å²) in [5, 5.41) is 5.62. The van der Waals surface area contributed by atoms with Crippen molar-refractivity contribution in [3.8, 4) is 11.1 Å². The average molecular weight is 513 g/mol. The van der Waals surface area contributed by atoms with Crippen LogP contribution in [0.4, 0.5) is 9.39 Å². The highest BCUT2D eigenvalue weighted by Crippen LogP contribution is 2.40. The second-order valence-electron chi connectivity index (χ2n) is 6.57. The van der Waals surface area contributed by atoms with Gasteiger partial charge in [0, 0.05) is 38.2 Å². The Kier molecular flexibility index (Phi) is 8.32. The third kappa shape index (κ3) is 5.70. The predicted molar refractivity (Wildman–Crippen MR) is 129 cm³/mol. The van der Waals surface area contributed by atoms with Crippen LogP contribution >= 0.6 is 46.1 Å². The van der Waals surface area contributed by atoms with E-state index in [1.807, 2.05) is 6.92 Å². The number of hydrogen-bond donors (Lipinski definition) is 1. The van der Waals surface area contributed by atoms with Gasteiger partial charge in [-0.05, 0) is 36.8 Å². The number of esters is 1. The van der Waals surface area contributed by atoms with Gasteiger partial charge in [0.05, 0.1) is 11.6 Å². The van der Waals surface area contributed by atoms with Gasteiger partial charge in [-0.1, -0.05) is 53.9 Å². The lowest BCUT2D eigenvalue weighted by atomic mass is 10.0. The van der Waals surface area contributed by atoms with Crippen LogP contribution < -0.4 is 5.32 Å². The van der Waals surface area contributed by atoms with Crippen molar-refractivity contribution in [1.29, 1.82) is 0 Å². The SMILES string of the molecule is CCCOC(=O)c1c(-c2ccc(Cl)cc2Cl)csc1NC(=O)/C=C\c1c(F)cccc1Cl. The van der Waals surface area contributed by atoms with Crippen LogP contribution in [0.3, 0.4) is 0 Å². The molecule has 0 spiro atoms. The van der Waals surface area contributed by atoms with Crippen LogP contribution in [0.15, 0.2) is 47.9 Å². The average Bonchev–Trinajstić information content (AvgIpc) is 3.14. The zero-order chi connectivity index (χ0) is 23.3. The second-order valence-corrected chi connectivity index (χ2v) is 8.70. The number of amides is 1. The first-order chi connectivity index (χ1) is 15.3. The molecule has 0 unspecified atom stereocenters. The van der Waals surface area contributed by atoms with Crippen LogP contribution in [0.2, 0.25) is 15.1 Å². The quantitative estimate of drug-likeness (QED) is 0.260. The van der Waals surface area contributed by atoms with Gasteiger partial charge in [0.1, 0.15) is 16.4 Å². The number of ether oxygens (including phenoxy) is 1. The van der Waals surface area contributed by atoms with Gasteiger partial charge in [-0.15, -0.1) is 11.3 Å². The third-order valence-corrected chi connectivity index (χ3v) is 6.06. The van der Waals surface area contributed by atoms with Crippen LogP contribution in [0.5, 0.6) is 0 Å². The van der Waals surface area contributed by atoms with Gasteiger partial charge in [-0.25, -0.2) is 9.18 Å². The monoisotopic (exact) mass is 511 g/mol. The summed E-state index contributed by atoms with van der Waals surface area (Å²) in [5.74, 6) is -1.71. The van der Waals surface area contributed by atoms with E-state index in [0.29, 0.717) is 27.6 Å². The summed E-state index contributed by atoms with van der Waals surface area (Å²) in [6, 6.07) is 9.14. The number of benzene rings is 2. The molecular weight excluding hydrogens is 496 g/mol. The van der Waals surface area contributed by atoms with Gasteiger partial charge in [-0.2, -0.15) is 0 Å². The number of anilines is 1. The Bertz CT molecular complexity index is 1170. The zero-order valence-corrected chi connectivity index (χ0v) is 19.8. The summed E-state index contributed by atoms with van der Waals surface area (Å²) in [6.07, 6.45) is 3.05. The fourth-order valence-electron chi connectivity index (χ4n) is 2.81. The summed E-state index contributed by atoms with van der Waals surface area (Å²) >= 11 is 19.4. The summed E-state index contributed by atoms with van der Waals surface area (Å²) < 4.78 is 19.2. The Labute approximate surface area is 203 Å². The smallest absolute Gasteiger partial charge is 0.341 e. The van der Waals surface area contributed by atoms with Crippen molar-refractivity contribution in [2.75, 3.05) is 11.9 Å². The first-order valence-electron chi connectivity index (χ1n) is 9.49. The van der Waals surface area contributed by atoms with Crippen molar-refractivity contribution in [1.82, 2.24) is 0 Å². The van der Waals surface area contributed by atoms with E-state index in [1.54, 1.807) is 23.6 Å². The molecule has 1 aromatic heterocycles. The Morgan fingerprint density at radius 1 is 1.12 bits per heavy atom. The number of carbonyl (C=O) groups excluding carboxylic acids is 2. The molecule has 0 radical (unpaired) electrons. The maximum Gasteiger partial charge on any atom is 0.341 e. The van der Waals surface area contributed by atoms with E-state index in [9.17, 15) is 14.0 Å². The van der Waals surface area contributed by atoms with Crippen molar-refractivity contribution in [2.24, 2.45) is 0 Å². The minimum atomic E-state index is -0.592. The second kappa shape index (κ2) is 11.0. The summed E-state index contributed by atoms with van der Waals surface area (Å²) in [4.78, 5) is 25.3. The molecule has 0 saturated carbocycles. The highest BCUT2D eigenvalue weighted by molar-refractivity contribution is 7.15. The van der Waals surface area contributed by atoms with Crippen LogP contribution in [-0.2, 0) is 9.53 Å². The van der Waals surface area contributed by atoms with E-state index >= 15 is 0 Å². The predicted octanol–water partition coefficient (Wildman–Crippen LogP) is 7.73. The molecule has 0 aliphatic carbocycles. The molecular formula is C23H17Cl3FNO3S. The number of nitrogens with one attached hydrogen (secondary N) is 1. The molecule has 2 aromatic carbocycles. The molecule has 4 nitrogen and oxygen atoms in total. The van der Waals surface area contributed by atoms with Crippen LogP contribution in [-0.4, -0.2) is 18.5 Å². The van der Waals surface area contributed by atoms with Gasteiger partial charge < -0.3 is 10.1 Å². The Balaban J connectivity index is 1.93. The number of thiophene rings is 1. The Hall–Kier alpha value is -2.38.